The topological polar surface area (TPSA) is 102 Å². The maximum atomic E-state index is 13.3. The SMILES string of the molecule is COc1ccc2[nH]c(C(=O)NN=Cc3ccc(OC(=O)c4ccc(Br)cc4)c(OC)c3)c(-c3ccccc3Cl)c2c1. The van der Waals surface area contributed by atoms with Crippen molar-refractivity contribution in [3.05, 3.63) is 111 Å². The molecule has 5 rings (SSSR count). The minimum atomic E-state index is -0.519. The van der Waals surface area contributed by atoms with E-state index in [0.717, 1.165) is 15.4 Å². The van der Waals surface area contributed by atoms with E-state index in [1.807, 2.05) is 36.4 Å². The Hall–Kier alpha value is -4.60. The lowest BCUT2D eigenvalue weighted by Crippen LogP contribution is -2.19. The number of esters is 1. The number of aromatic nitrogens is 1. The van der Waals surface area contributed by atoms with Crippen molar-refractivity contribution in [2.45, 2.75) is 0 Å². The fraction of sp³-hybridized carbons (Fsp3) is 0.0645. The Morgan fingerprint density at radius 2 is 1.71 bits per heavy atom. The van der Waals surface area contributed by atoms with Crippen LogP contribution in [0.5, 0.6) is 17.2 Å². The number of nitrogens with zero attached hydrogens (tertiary/aromatic N) is 1. The van der Waals surface area contributed by atoms with Gasteiger partial charge < -0.3 is 19.2 Å². The molecule has 0 unspecified atom stereocenters. The molecule has 41 heavy (non-hydrogen) atoms. The fourth-order valence-electron chi connectivity index (χ4n) is 4.23. The Bertz CT molecular complexity index is 1780. The van der Waals surface area contributed by atoms with Gasteiger partial charge in [0.1, 0.15) is 11.4 Å². The Morgan fingerprint density at radius 3 is 2.44 bits per heavy atom. The third-order valence-electron chi connectivity index (χ3n) is 6.23. The van der Waals surface area contributed by atoms with Crippen molar-refractivity contribution < 1.29 is 23.8 Å². The van der Waals surface area contributed by atoms with Crippen LogP contribution in [0.3, 0.4) is 0 Å². The van der Waals surface area contributed by atoms with Gasteiger partial charge in [-0.1, -0.05) is 45.7 Å². The molecule has 5 aromatic rings. The number of rotatable bonds is 8. The minimum absolute atomic E-state index is 0.250. The van der Waals surface area contributed by atoms with Crippen molar-refractivity contribution >= 4 is 56.5 Å². The first-order chi connectivity index (χ1) is 19.9. The van der Waals surface area contributed by atoms with E-state index in [1.165, 1.54) is 13.3 Å². The highest BCUT2D eigenvalue weighted by atomic mass is 79.9. The summed E-state index contributed by atoms with van der Waals surface area (Å²) in [7, 11) is 3.05. The first-order valence-electron chi connectivity index (χ1n) is 12.3. The highest BCUT2D eigenvalue weighted by Gasteiger charge is 2.21. The summed E-state index contributed by atoms with van der Waals surface area (Å²) < 4.78 is 17.2. The number of H-pyrrole nitrogens is 1. The van der Waals surface area contributed by atoms with Gasteiger partial charge in [-0.25, -0.2) is 10.2 Å². The van der Waals surface area contributed by atoms with E-state index >= 15 is 0 Å². The van der Waals surface area contributed by atoms with Gasteiger partial charge in [0.05, 0.1) is 26.0 Å². The van der Waals surface area contributed by atoms with E-state index in [1.54, 1.807) is 55.6 Å². The molecule has 0 bridgehead atoms. The number of hydrazone groups is 1. The van der Waals surface area contributed by atoms with Crippen molar-refractivity contribution in [3.63, 3.8) is 0 Å². The zero-order valence-corrected chi connectivity index (χ0v) is 24.2. The molecule has 0 aliphatic heterocycles. The zero-order chi connectivity index (χ0) is 28.9. The molecule has 0 aliphatic rings. The number of amides is 1. The molecular weight excluding hydrogens is 610 g/mol. The maximum Gasteiger partial charge on any atom is 0.343 e. The average molecular weight is 633 g/mol. The van der Waals surface area contributed by atoms with Gasteiger partial charge in [-0.2, -0.15) is 5.10 Å². The van der Waals surface area contributed by atoms with Crippen LogP contribution in [0.25, 0.3) is 22.0 Å². The summed E-state index contributed by atoms with van der Waals surface area (Å²) in [5.41, 5.74) is 5.95. The number of halogens is 2. The van der Waals surface area contributed by atoms with Gasteiger partial charge in [0.15, 0.2) is 11.5 Å². The van der Waals surface area contributed by atoms with Crippen molar-refractivity contribution in [2.75, 3.05) is 14.2 Å². The molecule has 8 nitrogen and oxygen atoms in total. The summed E-state index contributed by atoms with van der Waals surface area (Å²) in [5.74, 6) is 0.249. The summed E-state index contributed by atoms with van der Waals surface area (Å²) in [6.07, 6.45) is 1.46. The van der Waals surface area contributed by atoms with Crippen LogP contribution >= 0.6 is 27.5 Å². The van der Waals surface area contributed by atoms with Crippen LogP contribution < -0.4 is 19.6 Å². The fourth-order valence-corrected chi connectivity index (χ4v) is 4.72. The van der Waals surface area contributed by atoms with Crippen LogP contribution in [0, 0.1) is 0 Å². The summed E-state index contributed by atoms with van der Waals surface area (Å²) in [4.78, 5) is 29.0. The third kappa shape index (κ3) is 6.11. The normalized spacial score (nSPS) is 11.0. The molecule has 206 valence electrons. The Kier molecular flexibility index (Phi) is 8.37. The van der Waals surface area contributed by atoms with Crippen LogP contribution in [0.2, 0.25) is 5.02 Å². The van der Waals surface area contributed by atoms with E-state index in [0.29, 0.717) is 44.5 Å². The van der Waals surface area contributed by atoms with Crippen LogP contribution in [-0.2, 0) is 0 Å². The van der Waals surface area contributed by atoms with E-state index in [4.69, 9.17) is 25.8 Å². The molecular formula is C31H23BrClN3O5. The first kappa shape index (κ1) is 27.9. The molecule has 1 aromatic heterocycles. The second kappa shape index (κ2) is 12.3. The molecule has 0 fully saturated rings. The highest BCUT2D eigenvalue weighted by Crippen LogP contribution is 2.38. The quantitative estimate of drug-likeness (QED) is 0.0812. The summed E-state index contributed by atoms with van der Waals surface area (Å²) in [5, 5.41) is 5.41. The van der Waals surface area contributed by atoms with Gasteiger partial charge in [0.25, 0.3) is 5.91 Å². The molecule has 0 saturated carbocycles. The molecule has 0 atom stereocenters. The van der Waals surface area contributed by atoms with Crippen LogP contribution in [0.4, 0.5) is 0 Å². The minimum Gasteiger partial charge on any atom is -0.497 e. The van der Waals surface area contributed by atoms with Gasteiger partial charge in [-0.3, -0.25) is 4.79 Å². The maximum absolute atomic E-state index is 13.3. The number of methoxy groups -OCH3 is 2. The molecule has 1 amide bonds. The molecule has 0 saturated heterocycles. The summed E-state index contributed by atoms with van der Waals surface area (Å²) >= 11 is 9.86. The Labute approximate surface area is 249 Å². The third-order valence-corrected chi connectivity index (χ3v) is 7.08. The van der Waals surface area contributed by atoms with E-state index < -0.39 is 11.9 Å². The molecule has 0 spiro atoms. The molecule has 0 aliphatic carbocycles. The Balaban J connectivity index is 1.37. The molecule has 10 heteroatoms. The van der Waals surface area contributed by atoms with Gasteiger partial charge in [0.2, 0.25) is 0 Å². The standard InChI is InChI=1S/C31H23BrClN3O5/c1-39-21-12-13-25-23(16-21)28(22-5-3-4-6-24(22)33)29(35-25)30(37)36-34-17-18-7-14-26(27(15-18)40-2)41-31(38)19-8-10-20(32)11-9-19/h3-17,35H,1-2H3,(H,36,37). The zero-order valence-electron chi connectivity index (χ0n) is 21.9. The summed E-state index contributed by atoms with van der Waals surface area (Å²) in [6, 6.07) is 24.5. The number of fused-ring (bicyclic) bond motifs is 1. The van der Waals surface area contributed by atoms with Crippen molar-refractivity contribution in [2.24, 2.45) is 5.10 Å². The van der Waals surface area contributed by atoms with Crippen LogP contribution in [-0.4, -0.2) is 37.3 Å². The largest absolute Gasteiger partial charge is 0.497 e. The monoisotopic (exact) mass is 631 g/mol. The lowest BCUT2D eigenvalue weighted by Gasteiger charge is -2.10. The average Bonchev–Trinajstić information content (AvgIpc) is 3.37. The number of aromatic amines is 1. The van der Waals surface area contributed by atoms with Crippen molar-refractivity contribution in [1.29, 1.82) is 0 Å². The number of carbonyl (C=O) groups is 2. The van der Waals surface area contributed by atoms with Gasteiger partial charge in [-0.15, -0.1) is 0 Å². The molecule has 4 aromatic carbocycles. The number of nitrogens with one attached hydrogen (secondary N) is 2. The highest BCUT2D eigenvalue weighted by molar-refractivity contribution is 9.10. The predicted octanol–water partition coefficient (Wildman–Crippen LogP) is 7.25. The number of benzene rings is 4. The summed E-state index contributed by atoms with van der Waals surface area (Å²) in [6.45, 7) is 0. The first-order valence-corrected chi connectivity index (χ1v) is 13.5. The van der Waals surface area contributed by atoms with E-state index in [9.17, 15) is 9.59 Å². The van der Waals surface area contributed by atoms with E-state index in [2.05, 4.69) is 31.4 Å². The van der Waals surface area contributed by atoms with Crippen molar-refractivity contribution in [3.8, 4) is 28.4 Å². The lowest BCUT2D eigenvalue weighted by atomic mass is 10.0. The second-order valence-electron chi connectivity index (χ2n) is 8.77. The van der Waals surface area contributed by atoms with E-state index in [-0.39, 0.29) is 5.75 Å². The number of hydrogen-bond donors (Lipinski definition) is 2. The number of carbonyl (C=O) groups excluding carboxylic acids is 2. The lowest BCUT2D eigenvalue weighted by molar-refractivity contribution is 0.0729. The Morgan fingerprint density at radius 1 is 0.927 bits per heavy atom. The smallest absolute Gasteiger partial charge is 0.343 e. The number of hydrogen-bond acceptors (Lipinski definition) is 6. The molecule has 1 heterocycles. The molecule has 2 N–H and O–H groups in total. The van der Waals surface area contributed by atoms with Gasteiger partial charge >= 0.3 is 5.97 Å². The predicted molar refractivity (Wildman–Crippen MR) is 162 cm³/mol. The number of ether oxygens (including phenoxy) is 3. The van der Waals surface area contributed by atoms with Crippen LogP contribution in [0.1, 0.15) is 26.4 Å². The van der Waals surface area contributed by atoms with Crippen molar-refractivity contribution in [1.82, 2.24) is 10.4 Å². The van der Waals surface area contributed by atoms with Gasteiger partial charge in [0, 0.05) is 31.5 Å². The second-order valence-corrected chi connectivity index (χ2v) is 10.1. The molecule has 0 radical (unpaired) electrons. The van der Waals surface area contributed by atoms with Gasteiger partial charge in [-0.05, 0) is 72.3 Å². The van der Waals surface area contributed by atoms with Crippen LogP contribution in [0.15, 0.2) is 94.5 Å².